The highest BCUT2D eigenvalue weighted by atomic mass is 15.3. The lowest BCUT2D eigenvalue weighted by Gasteiger charge is -2.35. The molecule has 2 aliphatic rings. The molecule has 0 radical (unpaired) electrons. The van der Waals surface area contributed by atoms with Crippen LogP contribution in [0.5, 0.6) is 0 Å². The maximum atomic E-state index is 2.60. The lowest BCUT2D eigenvalue weighted by Crippen LogP contribution is -2.43. The van der Waals surface area contributed by atoms with Crippen molar-refractivity contribution in [1.29, 1.82) is 0 Å². The van der Waals surface area contributed by atoms with Crippen LogP contribution in [0.4, 0.5) is 0 Å². The van der Waals surface area contributed by atoms with Gasteiger partial charge in [-0.15, -0.1) is 0 Å². The van der Waals surface area contributed by atoms with Gasteiger partial charge in [-0.05, 0) is 26.3 Å². The van der Waals surface area contributed by atoms with Crippen LogP contribution in [0.15, 0.2) is 11.3 Å². The van der Waals surface area contributed by atoms with Crippen molar-refractivity contribution in [2.24, 2.45) is 0 Å². The normalized spacial score (nSPS) is 23.5. The zero-order valence-corrected chi connectivity index (χ0v) is 8.84. The molecule has 1 saturated carbocycles. The SMILES string of the molecule is CCC(=C1CC1)N1CCN(C)CC1. The van der Waals surface area contributed by atoms with E-state index in [4.69, 9.17) is 0 Å². The lowest BCUT2D eigenvalue weighted by molar-refractivity contribution is 0.182. The topological polar surface area (TPSA) is 6.48 Å². The molecule has 0 spiro atoms. The van der Waals surface area contributed by atoms with Crippen molar-refractivity contribution in [2.45, 2.75) is 26.2 Å². The van der Waals surface area contributed by atoms with E-state index in [2.05, 4.69) is 23.8 Å². The maximum absolute atomic E-state index is 2.60. The van der Waals surface area contributed by atoms with Crippen LogP contribution in [0.3, 0.4) is 0 Å². The van der Waals surface area contributed by atoms with E-state index in [1.54, 1.807) is 11.3 Å². The molecule has 1 heterocycles. The smallest absolute Gasteiger partial charge is 0.0303 e. The summed E-state index contributed by atoms with van der Waals surface area (Å²) in [6, 6.07) is 0. The Balaban J connectivity index is 1.96. The molecule has 0 amide bonds. The molecule has 13 heavy (non-hydrogen) atoms. The van der Waals surface area contributed by atoms with Gasteiger partial charge in [0, 0.05) is 31.9 Å². The minimum Gasteiger partial charge on any atom is -0.372 e. The first kappa shape index (κ1) is 9.07. The molecule has 0 aromatic heterocycles. The number of hydrogen-bond acceptors (Lipinski definition) is 2. The molecular weight excluding hydrogens is 160 g/mol. The van der Waals surface area contributed by atoms with Gasteiger partial charge in [0.2, 0.25) is 0 Å². The summed E-state index contributed by atoms with van der Waals surface area (Å²) in [7, 11) is 2.22. The van der Waals surface area contributed by atoms with Gasteiger partial charge in [0.05, 0.1) is 0 Å². The van der Waals surface area contributed by atoms with Gasteiger partial charge in [-0.2, -0.15) is 0 Å². The zero-order valence-electron chi connectivity index (χ0n) is 8.84. The Kier molecular flexibility index (Phi) is 2.58. The summed E-state index contributed by atoms with van der Waals surface area (Å²) in [5.74, 6) is 0. The van der Waals surface area contributed by atoms with Gasteiger partial charge in [-0.1, -0.05) is 12.5 Å². The van der Waals surface area contributed by atoms with Gasteiger partial charge in [0.1, 0.15) is 0 Å². The average molecular weight is 180 g/mol. The van der Waals surface area contributed by atoms with E-state index in [0.717, 1.165) is 0 Å². The zero-order chi connectivity index (χ0) is 9.26. The quantitative estimate of drug-likeness (QED) is 0.638. The average Bonchev–Trinajstić information content (AvgIpc) is 2.93. The van der Waals surface area contributed by atoms with Gasteiger partial charge in [-0.3, -0.25) is 0 Å². The largest absolute Gasteiger partial charge is 0.372 e. The van der Waals surface area contributed by atoms with Crippen LogP contribution in [-0.2, 0) is 0 Å². The molecule has 0 unspecified atom stereocenters. The van der Waals surface area contributed by atoms with E-state index < -0.39 is 0 Å². The molecule has 2 heteroatoms. The van der Waals surface area contributed by atoms with E-state index in [9.17, 15) is 0 Å². The van der Waals surface area contributed by atoms with Crippen molar-refractivity contribution < 1.29 is 0 Å². The second-order valence-corrected chi connectivity index (χ2v) is 4.19. The molecule has 0 aromatic carbocycles. The fraction of sp³-hybridized carbons (Fsp3) is 0.818. The number of likely N-dealkylation sites (N-methyl/N-ethyl adjacent to an activating group) is 1. The fourth-order valence-electron chi connectivity index (χ4n) is 2.12. The van der Waals surface area contributed by atoms with Gasteiger partial charge < -0.3 is 9.80 Å². The highest BCUT2D eigenvalue weighted by Crippen LogP contribution is 2.34. The summed E-state index contributed by atoms with van der Waals surface area (Å²) in [5, 5.41) is 0. The third kappa shape index (κ3) is 2.05. The van der Waals surface area contributed by atoms with Crippen LogP contribution < -0.4 is 0 Å². The summed E-state index contributed by atoms with van der Waals surface area (Å²) in [6.45, 7) is 7.23. The van der Waals surface area contributed by atoms with E-state index in [1.807, 2.05) is 0 Å². The van der Waals surface area contributed by atoms with E-state index in [-0.39, 0.29) is 0 Å². The first-order chi connectivity index (χ1) is 6.31. The summed E-state index contributed by atoms with van der Waals surface area (Å²) in [6.07, 6.45) is 3.98. The summed E-state index contributed by atoms with van der Waals surface area (Å²) < 4.78 is 0. The van der Waals surface area contributed by atoms with Gasteiger partial charge in [0.25, 0.3) is 0 Å². The monoisotopic (exact) mass is 180 g/mol. The van der Waals surface area contributed by atoms with Crippen molar-refractivity contribution in [1.82, 2.24) is 9.80 Å². The summed E-state index contributed by atoms with van der Waals surface area (Å²) >= 11 is 0. The highest BCUT2D eigenvalue weighted by molar-refractivity contribution is 5.24. The molecule has 74 valence electrons. The Morgan fingerprint density at radius 2 is 1.77 bits per heavy atom. The minimum atomic E-state index is 1.23. The Hall–Kier alpha value is -0.500. The van der Waals surface area contributed by atoms with Crippen LogP contribution >= 0.6 is 0 Å². The van der Waals surface area contributed by atoms with Crippen molar-refractivity contribution in [2.75, 3.05) is 33.2 Å². The predicted octanol–water partition coefficient (Wildman–Crippen LogP) is 1.69. The van der Waals surface area contributed by atoms with E-state index in [1.165, 1.54) is 45.4 Å². The number of rotatable bonds is 2. The number of nitrogens with zero attached hydrogens (tertiary/aromatic N) is 2. The molecule has 0 bridgehead atoms. The number of piperazine rings is 1. The van der Waals surface area contributed by atoms with Crippen LogP contribution in [0, 0.1) is 0 Å². The summed E-state index contributed by atoms with van der Waals surface area (Å²) in [4.78, 5) is 5.02. The molecule has 1 aliphatic carbocycles. The second kappa shape index (κ2) is 3.70. The van der Waals surface area contributed by atoms with Crippen molar-refractivity contribution >= 4 is 0 Å². The Labute approximate surface area is 81.2 Å². The third-order valence-corrected chi connectivity index (χ3v) is 3.13. The fourth-order valence-corrected chi connectivity index (χ4v) is 2.12. The lowest BCUT2D eigenvalue weighted by atomic mass is 10.2. The molecular formula is C11H20N2. The molecule has 2 nitrogen and oxygen atoms in total. The molecule has 1 saturated heterocycles. The number of allylic oxidation sites excluding steroid dienone is 2. The Morgan fingerprint density at radius 1 is 1.15 bits per heavy atom. The van der Waals surface area contributed by atoms with Crippen molar-refractivity contribution in [3.05, 3.63) is 11.3 Å². The molecule has 2 fully saturated rings. The van der Waals surface area contributed by atoms with Crippen molar-refractivity contribution in [3.63, 3.8) is 0 Å². The van der Waals surface area contributed by atoms with Gasteiger partial charge in [0.15, 0.2) is 0 Å². The first-order valence-electron chi connectivity index (χ1n) is 5.45. The number of hydrogen-bond donors (Lipinski definition) is 0. The second-order valence-electron chi connectivity index (χ2n) is 4.19. The van der Waals surface area contributed by atoms with Crippen molar-refractivity contribution in [3.8, 4) is 0 Å². The maximum Gasteiger partial charge on any atom is 0.0303 e. The first-order valence-corrected chi connectivity index (χ1v) is 5.45. The van der Waals surface area contributed by atoms with E-state index in [0.29, 0.717) is 0 Å². The Morgan fingerprint density at radius 3 is 2.23 bits per heavy atom. The molecule has 0 aromatic rings. The predicted molar refractivity (Wildman–Crippen MR) is 55.6 cm³/mol. The van der Waals surface area contributed by atoms with Crippen LogP contribution in [0.25, 0.3) is 0 Å². The molecule has 1 aliphatic heterocycles. The molecule has 0 N–H and O–H groups in total. The van der Waals surface area contributed by atoms with Crippen LogP contribution in [0.1, 0.15) is 26.2 Å². The standard InChI is InChI=1S/C11H20N2/c1-3-11(10-4-5-10)13-8-6-12(2)7-9-13/h3-9H2,1-2H3. The minimum absolute atomic E-state index is 1.23. The Bertz CT molecular complexity index is 206. The van der Waals surface area contributed by atoms with Crippen LogP contribution in [-0.4, -0.2) is 43.0 Å². The molecule has 0 atom stereocenters. The molecule has 2 rings (SSSR count). The third-order valence-electron chi connectivity index (χ3n) is 3.13. The highest BCUT2D eigenvalue weighted by Gasteiger charge is 2.22. The van der Waals surface area contributed by atoms with E-state index >= 15 is 0 Å². The van der Waals surface area contributed by atoms with Gasteiger partial charge in [-0.25, -0.2) is 0 Å². The van der Waals surface area contributed by atoms with Gasteiger partial charge >= 0.3 is 0 Å². The summed E-state index contributed by atoms with van der Waals surface area (Å²) in [5.41, 5.74) is 3.39. The van der Waals surface area contributed by atoms with Crippen LogP contribution in [0.2, 0.25) is 0 Å².